The number of benzene rings is 1. The van der Waals surface area contributed by atoms with Gasteiger partial charge in [0.15, 0.2) is 5.78 Å². The third-order valence-electron chi connectivity index (χ3n) is 4.94. The van der Waals surface area contributed by atoms with Crippen molar-refractivity contribution in [3.8, 4) is 0 Å². The van der Waals surface area contributed by atoms with E-state index in [9.17, 15) is 18.4 Å². The first-order valence-electron chi connectivity index (χ1n) is 8.99. The van der Waals surface area contributed by atoms with Crippen molar-refractivity contribution in [3.05, 3.63) is 62.5 Å². The molecule has 28 heavy (non-hydrogen) atoms. The molecule has 4 rings (SSSR count). The van der Waals surface area contributed by atoms with Crippen molar-refractivity contribution in [2.45, 2.75) is 26.3 Å². The van der Waals surface area contributed by atoms with Crippen molar-refractivity contribution in [2.75, 3.05) is 13.1 Å². The number of piperidine rings is 1. The number of halogens is 2. The number of ketones is 1. The summed E-state index contributed by atoms with van der Waals surface area (Å²) in [6, 6.07) is 4.43. The fourth-order valence-electron chi connectivity index (χ4n) is 3.52. The highest BCUT2D eigenvalue weighted by Gasteiger charge is 2.28. The van der Waals surface area contributed by atoms with Crippen LogP contribution in [0, 0.1) is 24.5 Å². The van der Waals surface area contributed by atoms with Crippen molar-refractivity contribution in [1.29, 1.82) is 0 Å². The molecule has 1 saturated heterocycles. The molecule has 0 saturated carbocycles. The molecule has 0 bridgehead atoms. The van der Waals surface area contributed by atoms with Crippen LogP contribution in [0.4, 0.5) is 8.78 Å². The summed E-state index contributed by atoms with van der Waals surface area (Å²) in [4.78, 5) is 31.9. The van der Waals surface area contributed by atoms with Gasteiger partial charge in [0.2, 0.25) is 4.96 Å². The first-order valence-corrected chi connectivity index (χ1v) is 9.80. The lowest BCUT2D eigenvalue weighted by Gasteiger charge is -2.31. The fourth-order valence-corrected chi connectivity index (χ4v) is 4.29. The zero-order valence-electron chi connectivity index (χ0n) is 15.2. The normalized spacial score (nSPS) is 16.0. The Morgan fingerprint density at radius 1 is 1.25 bits per heavy atom. The molecule has 0 amide bonds. The largest absolute Gasteiger partial charge is 0.297 e. The van der Waals surface area contributed by atoms with E-state index in [1.165, 1.54) is 21.9 Å². The molecule has 0 unspecified atom stereocenters. The number of hydrogen-bond donors (Lipinski definition) is 0. The Bertz CT molecular complexity index is 1100. The number of rotatable bonds is 4. The van der Waals surface area contributed by atoms with Gasteiger partial charge in [-0.2, -0.15) is 9.61 Å². The average Bonchev–Trinajstić information content (AvgIpc) is 3.05. The van der Waals surface area contributed by atoms with Gasteiger partial charge in [-0.1, -0.05) is 11.3 Å². The Labute approximate surface area is 163 Å². The quantitative estimate of drug-likeness (QED) is 0.626. The maximum atomic E-state index is 13.9. The number of nitrogens with zero attached hydrogens (tertiary/aromatic N) is 4. The molecule has 0 atom stereocenters. The maximum absolute atomic E-state index is 13.9. The van der Waals surface area contributed by atoms with Gasteiger partial charge in [-0.05, 0) is 51.1 Å². The van der Waals surface area contributed by atoms with E-state index in [0.29, 0.717) is 43.1 Å². The highest BCUT2D eigenvalue weighted by Crippen LogP contribution is 2.24. The summed E-state index contributed by atoms with van der Waals surface area (Å²) < 4.78 is 28.5. The van der Waals surface area contributed by atoms with Crippen LogP contribution in [-0.2, 0) is 6.54 Å². The summed E-state index contributed by atoms with van der Waals surface area (Å²) in [5.74, 6) is -1.99. The summed E-state index contributed by atoms with van der Waals surface area (Å²) in [6.45, 7) is 3.56. The Hall–Kier alpha value is -2.52. The second-order valence-corrected chi connectivity index (χ2v) is 8.10. The predicted molar refractivity (Wildman–Crippen MR) is 101 cm³/mol. The molecule has 1 aliphatic rings. The van der Waals surface area contributed by atoms with Crippen LogP contribution in [0.1, 0.15) is 33.9 Å². The van der Waals surface area contributed by atoms with Gasteiger partial charge in [-0.25, -0.2) is 13.8 Å². The van der Waals surface area contributed by atoms with Gasteiger partial charge in [0.25, 0.3) is 5.56 Å². The standard InChI is InChI=1S/C19H18F2N4O2S/c1-11-23-25-17(26)9-14(22-19(25)28-11)10-24-6-4-12(5-7-24)18(27)15-8-13(20)2-3-16(15)21/h2-3,8-9,12H,4-7,10H2,1H3. The van der Waals surface area contributed by atoms with E-state index in [0.717, 1.165) is 23.2 Å². The van der Waals surface area contributed by atoms with E-state index in [1.807, 2.05) is 6.92 Å². The summed E-state index contributed by atoms with van der Waals surface area (Å²) >= 11 is 1.36. The number of carbonyl (C=O) groups is 1. The van der Waals surface area contributed by atoms with E-state index in [4.69, 9.17) is 0 Å². The SMILES string of the molecule is Cc1nn2c(=O)cc(CN3CCC(C(=O)c4cc(F)ccc4F)CC3)nc2s1. The van der Waals surface area contributed by atoms with Gasteiger partial charge in [0, 0.05) is 18.5 Å². The molecule has 0 aliphatic carbocycles. The summed E-state index contributed by atoms with van der Waals surface area (Å²) in [7, 11) is 0. The van der Waals surface area contributed by atoms with Gasteiger partial charge >= 0.3 is 0 Å². The lowest BCUT2D eigenvalue weighted by atomic mass is 9.88. The molecule has 146 valence electrons. The third-order valence-corrected chi connectivity index (χ3v) is 5.76. The summed E-state index contributed by atoms with van der Waals surface area (Å²) in [6.07, 6.45) is 1.10. The minimum atomic E-state index is -0.688. The van der Waals surface area contributed by atoms with Crippen LogP contribution >= 0.6 is 11.3 Å². The minimum absolute atomic E-state index is 0.181. The monoisotopic (exact) mass is 404 g/mol. The van der Waals surface area contributed by atoms with E-state index in [1.54, 1.807) is 0 Å². The molecular weight excluding hydrogens is 386 g/mol. The summed E-state index contributed by atoms with van der Waals surface area (Å²) in [5.41, 5.74) is 0.268. The molecule has 1 aliphatic heterocycles. The van der Waals surface area contributed by atoms with E-state index >= 15 is 0 Å². The molecule has 2 aromatic heterocycles. The summed E-state index contributed by atoms with van der Waals surface area (Å²) in [5, 5.41) is 4.89. The highest BCUT2D eigenvalue weighted by molar-refractivity contribution is 7.16. The minimum Gasteiger partial charge on any atom is -0.297 e. The molecular formula is C19H18F2N4O2S. The first-order chi connectivity index (χ1) is 13.4. The van der Waals surface area contributed by atoms with Crippen molar-refractivity contribution < 1.29 is 13.6 Å². The van der Waals surface area contributed by atoms with Gasteiger partial charge in [-0.15, -0.1) is 0 Å². The number of carbonyl (C=O) groups excluding carboxylic acids is 1. The molecule has 9 heteroatoms. The maximum Gasteiger partial charge on any atom is 0.275 e. The van der Waals surface area contributed by atoms with Crippen LogP contribution < -0.4 is 5.56 Å². The number of aromatic nitrogens is 3. The fraction of sp³-hybridized carbons (Fsp3) is 0.368. The topological polar surface area (TPSA) is 67.6 Å². The van der Waals surface area contributed by atoms with E-state index in [-0.39, 0.29) is 22.8 Å². The van der Waals surface area contributed by atoms with Crippen LogP contribution in [0.25, 0.3) is 4.96 Å². The molecule has 6 nitrogen and oxygen atoms in total. The molecule has 1 aromatic carbocycles. The molecule has 3 aromatic rings. The molecule has 3 heterocycles. The molecule has 0 spiro atoms. The lowest BCUT2D eigenvalue weighted by molar-refractivity contribution is 0.0829. The number of hydrogen-bond acceptors (Lipinski definition) is 6. The average molecular weight is 404 g/mol. The number of aryl methyl sites for hydroxylation is 1. The van der Waals surface area contributed by atoms with E-state index < -0.39 is 11.6 Å². The Kier molecular flexibility index (Phi) is 5.03. The first kappa shape index (κ1) is 18.8. The molecule has 1 fully saturated rings. The second-order valence-electron chi connectivity index (χ2n) is 6.94. The molecule has 0 N–H and O–H groups in total. The van der Waals surface area contributed by atoms with Crippen molar-refractivity contribution in [2.24, 2.45) is 5.92 Å². The van der Waals surface area contributed by atoms with Crippen LogP contribution in [-0.4, -0.2) is 38.4 Å². The lowest BCUT2D eigenvalue weighted by Crippen LogP contribution is -2.36. The van der Waals surface area contributed by atoms with Gasteiger partial charge < -0.3 is 0 Å². The Balaban J connectivity index is 1.42. The van der Waals surface area contributed by atoms with Gasteiger partial charge in [0.05, 0.1) is 11.3 Å². The van der Waals surface area contributed by atoms with Crippen molar-refractivity contribution in [3.63, 3.8) is 0 Å². The smallest absolute Gasteiger partial charge is 0.275 e. The number of Topliss-reactive ketones (excluding diaryl/α,β-unsaturated/α-hetero) is 1. The second kappa shape index (κ2) is 7.48. The zero-order valence-corrected chi connectivity index (χ0v) is 16.0. The zero-order chi connectivity index (χ0) is 19.8. The Morgan fingerprint density at radius 2 is 2.00 bits per heavy atom. The number of likely N-dealkylation sites (tertiary alicyclic amines) is 1. The van der Waals surface area contributed by atoms with Crippen molar-refractivity contribution >= 4 is 22.1 Å². The van der Waals surface area contributed by atoms with Crippen LogP contribution in [0.3, 0.4) is 0 Å². The van der Waals surface area contributed by atoms with Crippen LogP contribution in [0.15, 0.2) is 29.1 Å². The highest BCUT2D eigenvalue weighted by atomic mass is 32.1. The Morgan fingerprint density at radius 3 is 2.75 bits per heavy atom. The predicted octanol–water partition coefficient (Wildman–Crippen LogP) is 2.83. The third kappa shape index (κ3) is 3.72. The van der Waals surface area contributed by atoms with Crippen molar-refractivity contribution in [1.82, 2.24) is 19.5 Å². The van der Waals surface area contributed by atoms with Crippen LogP contribution in [0.5, 0.6) is 0 Å². The van der Waals surface area contributed by atoms with Gasteiger partial charge in [0.1, 0.15) is 16.6 Å². The van der Waals surface area contributed by atoms with E-state index in [2.05, 4.69) is 15.0 Å². The molecule has 0 radical (unpaired) electrons. The van der Waals surface area contributed by atoms with Gasteiger partial charge in [-0.3, -0.25) is 14.5 Å². The van der Waals surface area contributed by atoms with Crippen LogP contribution in [0.2, 0.25) is 0 Å². The number of fused-ring (bicyclic) bond motifs is 1.